The predicted molar refractivity (Wildman–Crippen MR) is 98.3 cm³/mol. The van der Waals surface area contributed by atoms with Crippen LogP contribution in [0.3, 0.4) is 0 Å². The van der Waals surface area contributed by atoms with Crippen LogP contribution >= 0.6 is 23.1 Å². The van der Waals surface area contributed by atoms with Gasteiger partial charge >= 0.3 is 0 Å². The maximum atomic E-state index is 12.5. The minimum Gasteiger partial charge on any atom is -0.388 e. The van der Waals surface area contributed by atoms with Gasteiger partial charge in [-0.2, -0.15) is 11.8 Å². The molecule has 1 amide bonds. The fourth-order valence-electron chi connectivity index (χ4n) is 2.70. The van der Waals surface area contributed by atoms with Crippen molar-refractivity contribution in [3.63, 3.8) is 0 Å². The number of benzene rings is 1. The van der Waals surface area contributed by atoms with E-state index >= 15 is 0 Å². The van der Waals surface area contributed by atoms with Crippen LogP contribution in [0.5, 0.6) is 0 Å². The van der Waals surface area contributed by atoms with E-state index < -0.39 is 5.60 Å². The zero-order valence-corrected chi connectivity index (χ0v) is 14.8. The first-order valence-corrected chi connectivity index (χ1v) is 9.84. The third-order valence-corrected chi connectivity index (χ3v) is 6.13. The molecule has 1 saturated heterocycles. The van der Waals surface area contributed by atoms with Gasteiger partial charge in [0.2, 0.25) is 0 Å². The molecule has 5 heteroatoms. The Bertz CT molecular complexity index is 673. The van der Waals surface area contributed by atoms with Gasteiger partial charge in [-0.05, 0) is 48.3 Å². The second-order valence-corrected chi connectivity index (χ2v) is 8.19. The summed E-state index contributed by atoms with van der Waals surface area (Å²) in [5.74, 6) is 1.82. The summed E-state index contributed by atoms with van der Waals surface area (Å²) in [6.07, 6.45) is 1.49. The highest BCUT2D eigenvalue weighted by molar-refractivity contribution is 7.99. The first kappa shape index (κ1) is 16.6. The van der Waals surface area contributed by atoms with Crippen molar-refractivity contribution in [3.8, 4) is 11.1 Å². The molecule has 0 bridgehead atoms. The number of thiophene rings is 1. The summed E-state index contributed by atoms with van der Waals surface area (Å²) < 4.78 is 0. The molecule has 0 atom stereocenters. The molecule has 0 aliphatic carbocycles. The second kappa shape index (κ2) is 7.07. The summed E-state index contributed by atoms with van der Waals surface area (Å²) in [5.41, 5.74) is 2.46. The number of carbonyl (C=O) groups excluding carboxylic acids is 1. The molecule has 122 valence electrons. The van der Waals surface area contributed by atoms with E-state index in [0.29, 0.717) is 11.4 Å². The zero-order valence-electron chi connectivity index (χ0n) is 13.2. The Kier molecular flexibility index (Phi) is 5.09. The Labute approximate surface area is 145 Å². The lowest BCUT2D eigenvalue weighted by molar-refractivity contribution is 0.0312. The molecule has 3 rings (SSSR count). The Morgan fingerprint density at radius 3 is 2.61 bits per heavy atom. The Morgan fingerprint density at radius 1 is 1.22 bits per heavy atom. The standard InChI is InChI=1S/C18H21NO2S2/c1-13-2-4-14(5-3-13)15-6-9-23-16(15)17(20)19-12-18(21)7-10-22-11-8-18/h2-6,9,21H,7-8,10-12H2,1H3,(H,19,20). The van der Waals surface area contributed by atoms with Gasteiger partial charge in [0.1, 0.15) is 0 Å². The summed E-state index contributed by atoms with van der Waals surface area (Å²) in [6.45, 7) is 2.38. The number of hydrogen-bond acceptors (Lipinski definition) is 4. The van der Waals surface area contributed by atoms with Gasteiger partial charge < -0.3 is 10.4 Å². The Morgan fingerprint density at radius 2 is 1.91 bits per heavy atom. The van der Waals surface area contributed by atoms with Gasteiger partial charge in [0, 0.05) is 12.1 Å². The van der Waals surface area contributed by atoms with Crippen molar-refractivity contribution >= 4 is 29.0 Å². The van der Waals surface area contributed by atoms with Crippen LogP contribution in [-0.2, 0) is 0 Å². The SMILES string of the molecule is Cc1ccc(-c2ccsc2C(=O)NCC2(O)CCSCC2)cc1. The van der Waals surface area contributed by atoms with E-state index in [4.69, 9.17) is 0 Å². The topological polar surface area (TPSA) is 49.3 Å². The molecular formula is C18H21NO2S2. The molecule has 3 nitrogen and oxygen atoms in total. The summed E-state index contributed by atoms with van der Waals surface area (Å²) in [4.78, 5) is 13.2. The highest BCUT2D eigenvalue weighted by Gasteiger charge is 2.30. The fraction of sp³-hybridized carbons (Fsp3) is 0.389. The molecule has 1 aliphatic rings. The molecule has 0 saturated carbocycles. The van der Waals surface area contributed by atoms with Gasteiger partial charge in [-0.25, -0.2) is 0 Å². The smallest absolute Gasteiger partial charge is 0.262 e. The maximum Gasteiger partial charge on any atom is 0.262 e. The molecule has 1 aromatic heterocycles. The van der Waals surface area contributed by atoms with Gasteiger partial charge in [-0.15, -0.1) is 11.3 Å². The molecule has 2 heterocycles. The van der Waals surface area contributed by atoms with Crippen LogP contribution in [0, 0.1) is 6.92 Å². The summed E-state index contributed by atoms with van der Waals surface area (Å²) in [7, 11) is 0. The van der Waals surface area contributed by atoms with E-state index in [1.807, 2.05) is 42.3 Å². The van der Waals surface area contributed by atoms with Crippen LogP contribution in [0.4, 0.5) is 0 Å². The van der Waals surface area contributed by atoms with Gasteiger partial charge in [-0.1, -0.05) is 29.8 Å². The molecule has 1 aliphatic heterocycles. The lowest BCUT2D eigenvalue weighted by atomic mass is 9.97. The number of rotatable bonds is 4. The Hall–Kier alpha value is -1.30. The lowest BCUT2D eigenvalue weighted by Crippen LogP contribution is -2.45. The van der Waals surface area contributed by atoms with Crippen molar-refractivity contribution in [1.29, 1.82) is 0 Å². The molecule has 0 radical (unpaired) electrons. The highest BCUT2D eigenvalue weighted by atomic mass is 32.2. The minimum absolute atomic E-state index is 0.0952. The van der Waals surface area contributed by atoms with Crippen molar-refractivity contribution in [2.24, 2.45) is 0 Å². The van der Waals surface area contributed by atoms with Gasteiger partial charge in [0.25, 0.3) is 5.91 Å². The van der Waals surface area contributed by atoms with E-state index in [9.17, 15) is 9.90 Å². The summed E-state index contributed by atoms with van der Waals surface area (Å²) in [5, 5.41) is 15.4. The number of aryl methyl sites for hydroxylation is 1. The molecule has 0 unspecified atom stereocenters. The van der Waals surface area contributed by atoms with Gasteiger partial charge in [0.15, 0.2) is 0 Å². The van der Waals surface area contributed by atoms with Crippen molar-refractivity contribution < 1.29 is 9.90 Å². The minimum atomic E-state index is -0.748. The molecule has 1 aromatic carbocycles. The number of nitrogens with one attached hydrogen (secondary N) is 1. The van der Waals surface area contributed by atoms with Crippen LogP contribution in [0.25, 0.3) is 11.1 Å². The van der Waals surface area contributed by atoms with Gasteiger partial charge in [0.05, 0.1) is 10.5 Å². The quantitative estimate of drug-likeness (QED) is 0.886. The first-order valence-electron chi connectivity index (χ1n) is 7.80. The summed E-state index contributed by atoms with van der Waals surface area (Å²) in [6, 6.07) is 10.2. The molecule has 23 heavy (non-hydrogen) atoms. The van der Waals surface area contributed by atoms with Crippen molar-refractivity contribution in [2.45, 2.75) is 25.4 Å². The van der Waals surface area contributed by atoms with Crippen molar-refractivity contribution in [1.82, 2.24) is 5.32 Å². The van der Waals surface area contributed by atoms with E-state index in [-0.39, 0.29) is 5.91 Å². The average molecular weight is 348 g/mol. The Balaban J connectivity index is 1.71. The molecule has 2 aromatic rings. The van der Waals surface area contributed by atoms with E-state index in [1.165, 1.54) is 16.9 Å². The number of thioether (sulfide) groups is 1. The number of hydrogen-bond donors (Lipinski definition) is 2. The van der Waals surface area contributed by atoms with E-state index in [2.05, 4.69) is 17.4 Å². The third kappa shape index (κ3) is 3.97. The monoisotopic (exact) mass is 347 g/mol. The van der Waals surface area contributed by atoms with Crippen LogP contribution in [0.1, 0.15) is 28.1 Å². The number of amides is 1. The average Bonchev–Trinajstić information content (AvgIpc) is 3.04. The normalized spacial score (nSPS) is 17.0. The second-order valence-electron chi connectivity index (χ2n) is 6.05. The number of aliphatic hydroxyl groups is 1. The predicted octanol–water partition coefficient (Wildman–Crippen LogP) is 3.71. The summed E-state index contributed by atoms with van der Waals surface area (Å²) >= 11 is 3.30. The molecular weight excluding hydrogens is 326 g/mol. The van der Waals surface area contributed by atoms with Crippen LogP contribution in [0.2, 0.25) is 0 Å². The molecule has 0 spiro atoms. The van der Waals surface area contributed by atoms with Gasteiger partial charge in [-0.3, -0.25) is 4.79 Å². The first-order chi connectivity index (χ1) is 11.1. The number of carbonyl (C=O) groups is 1. The van der Waals surface area contributed by atoms with Crippen LogP contribution in [0.15, 0.2) is 35.7 Å². The zero-order chi connectivity index (χ0) is 16.3. The third-order valence-electron chi connectivity index (χ3n) is 4.24. The highest BCUT2D eigenvalue weighted by Crippen LogP contribution is 2.29. The van der Waals surface area contributed by atoms with Crippen molar-refractivity contribution in [3.05, 3.63) is 46.2 Å². The maximum absolute atomic E-state index is 12.5. The van der Waals surface area contributed by atoms with E-state index in [1.54, 1.807) is 0 Å². The van der Waals surface area contributed by atoms with Crippen LogP contribution in [-0.4, -0.2) is 34.7 Å². The molecule has 1 fully saturated rings. The lowest BCUT2D eigenvalue weighted by Gasteiger charge is -2.31. The van der Waals surface area contributed by atoms with Crippen molar-refractivity contribution in [2.75, 3.05) is 18.1 Å². The van der Waals surface area contributed by atoms with E-state index in [0.717, 1.165) is 35.5 Å². The molecule has 2 N–H and O–H groups in total. The fourth-order valence-corrected chi connectivity index (χ4v) is 4.78. The largest absolute Gasteiger partial charge is 0.388 e. The van der Waals surface area contributed by atoms with Crippen LogP contribution < -0.4 is 5.32 Å².